The average Bonchev–Trinajstić information content (AvgIpc) is 2.66. The quantitative estimate of drug-likeness (QED) is 0.845. The van der Waals surface area contributed by atoms with Crippen LogP contribution in [0.15, 0.2) is 42.5 Å². The van der Waals surface area contributed by atoms with Gasteiger partial charge in [-0.05, 0) is 48.7 Å². The van der Waals surface area contributed by atoms with Gasteiger partial charge in [0.25, 0.3) is 5.91 Å². The first-order valence-electron chi connectivity index (χ1n) is 8.79. The summed E-state index contributed by atoms with van der Waals surface area (Å²) in [4.78, 5) is 25.7. The molecule has 2 aromatic carbocycles. The Balaban J connectivity index is 1.51. The van der Waals surface area contributed by atoms with Crippen LogP contribution < -0.4 is 11.1 Å². The van der Waals surface area contributed by atoms with Crippen LogP contribution in [0.1, 0.15) is 39.1 Å². The Kier molecular flexibility index (Phi) is 5.81. The van der Waals surface area contributed by atoms with Crippen molar-refractivity contribution in [1.82, 2.24) is 10.2 Å². The Labute approximate surface area is 156 Å². The first kappa shape index (κ1) is 19.0. The molecule has 1 heterocycles. The molecule has 1 saturated heterocycles. The SMILES string of the molecule is NC(=O)c1cccc(C(=O)NC2CCN(Cc3ccc(F)c(F)c3)CC2)c1. The third-order valence-corrected chi connectivity index (χ3v) is 4.72. The molecule has 0 aromatic heterocycles. The van der Waals surface area contributed by atoms with Gasteiger partial charge in [0.1, 0.15) is 0 Å². The number of piperidine rings is 1. The van der Waals surface area contributed by atoms with Gasteiger partial charge in [-0.3, -0.25) is 14.5 Å². The number of primary amides is 1. The van der Waals surface area contributed by atoms with Crippen molar-refractivity contribution in [3.8, 4) is 0 Å². The largest absolute Gasteiger partial charge is 0.366 e. The zero-order valence-corrected chi connectivity index (χ0v) is 14.8. The Morgan fingerprint density at radius 1 is 1.04 bits per heavy atom. The van der Waals surface area contributed by atoms with Gasteiger partial charge in [-0.15, -0.1) is 0 Å². The second-order valence-electron chi connectivity index (χ2n) is 6.72. The number of hydrogen-bond donors (Lipinski definition) is 2. The van der Waals surface area contributed by atoms with Crippen LogP contribution in [0.2, 0.25) is 0 Å². The molecule has 0 radical (unpaired) electrons. The van der Waals surface area contributed by atoms with E-state index in [1.165, 1.54) is 12.1 Å². The van der Waals surface area contributed by atoms with Crippen LogP contribution in [-0.4, -0.2) is 35.8 Å². The molecular weight excluding hydrogens is 352 g/mol. The van der Waals surface area contributed by atoms with Crippen molar-refractivity contribution in [2.45, 2.75) is 25.4 Å². The van der Waals surface area contributed by atoms with Crippen LogP contribution in [0, 0.1) is 11.6 Å². The van der Waals surface area contributed by atoms with E-state index >= 15 is 0 Å². The molecule has 5 nitrogen and oxygen atoms in total. The fraction of sp³-hybridized carbons (Fsp3) is 0.300. The average molecular weight is 373 g/mol. The maximum absolute atomic E-state index is 13.3. The number of likely N-dealkylation sites (tertiary alicyclic amines) is 1. The van der Waals surface area contributed by atoms with E-state index in [1.54, 1.807) is 24.3 Å². The van der Waals surface area contributed by atoms with Crippen LogP contribution in [0.4, 0.5) is 8.78 Å². The van der Waals surface area contributed by atoms with Crippen molar-refractivity contribution in [3.63, 3.8) is 0 Å². The molecular formula is C20H21F2N3O2. The minimum absolute atomic E-state index is 0.0240. The predicted octanol–water partition coefficient (Wildman–Crippen LogP) is 2.46. The second-order valence-corrected chi connectivity index (χ2v) is 6.72. The van der Waals surface area contributed by atoms with E-state index in [-0.39, 0.29) is 11.9 Å². The van der Waals surface area contributed by atoms with Crippen LogP contribution in [0.3, 0.4) is 0 Å². The third-order valence-electron chi connectivity index (χ3n) is 4.72. The monoisotopic (exact) mass is 373 g/mol. The Morgan fingerprint density at radius 2 is 1.74 bits per heavy atom. The second kappa shape index (κ2) is 8.26. The van der Waals surface area contributed by atoms with Gasteiger partial charge < -0.3 is 11.1 Å². The zero-order chi connectivity index (χ0) is 19.4. The molecule has 27 heavy (non-hydrogen) atoms. The van der Waals surface area contributed by atoms with E-state index in [4.69, 9.17) is 5.73 Å². The van der Waals surface area contributed by atoms with Crippen molar-refractivity contribution in [2.24, 2.45) is 5.73 Å². The van der Waals surface area contributed by atoms with Crippen molar-refractivity contribution in [1.29, 1.82) is 0 Å². The maximum Gasteiger partial charge on any atom is 0.251 e. The van der Waals surface area contributed by atoms with E-state index in [9.17, 15) is 18.4 Å². The highest BCUT2D eigenvalue weighted by atomic mass is 19.2. The van der Waals surface area contributed by atoms with Crippen molar-refractivity contribution in [3.05, 3.63) is 70.8 Å². The number of amides is 2. The summed E-state index contributed by atoms with van der Waals surface area (Å²) in [5, 5.41) is 2.97. The molecule has 0 unspecified atom stereocenters. The topological polar surface area (TPSA) is 75.4 Å². The standard InChI is InChI=1S/C20H21F2N3O2/c21-17-5-4-13(10-18(17)22)12-25-8-6-16(7-9-25)24-20(27)15-3-1-2-14(11-15)19(23)26/h1-5,10-11,16H,6-9,12H2,(H2,23,26)(H,24,27). The molecule has 3 rings (SSSR count). The number of nitrogens with two attached hydrogens (primary N) is 1. The minimum Gasteiger partial charge on any atom is -0.366 e. The van der Waals surface area contributed by atoms with Gasteiger partial charge in [0, 0.05) is 36.8 Å². The molecule has 7 heteroatoms. The highest BCUT2D eigenvalue weighted by Gasteiger charge is 2.21. The number of hydrogen-bond acceptors (Lipinski definition) is 3. The summed E-state index contributed by atoms with van der Waals surface area (Å²) < 4.78 is 26.3. The van der Waals surface area contributed by atoms with Crippen LogP contribution in [-0.2, 0) is 6.54 Å². The summed E-state index contributed by atoms with van der Waals surface area (Å²) in [5.74, 6) is -2.50. The lowest BCUT2D eigenvalue weighted by Gasteiger charge is -2.32. The van der Waals surface area contributed by atoms with Crippen molar-refractivity contribution >= 4 is 11.8 Å². The number of carbonyl (C=O) groups excluding carboxylic acids is 2. The summed E-state index contributed by atoms with van der Waals surface area (Å²) in [5.41, 5.74) is 6.66. The number of nitrogens with one attached hydrogen (secondary N) is 1. The molecule has 0 atom stereocenters. The number of benzene rings is 2. The van der Waals surface area contributed by atoms with E-state index in [2.05, 4.69) is 10.2 Å². The number of halogens is 2. The maximum atomic E-state index is 13.3. The molecule has 2 amide bonds. The molecule has 0 spiro atoms. The Hall–Kier alpha value is -2.80. The van der Waals surface area contributed by atoms with Crippen LogP contribution in [0.5, 0.6) is 0 Å². The third kappa shape index (κ3) is 4.89. The number of nitrogens with zero attached hydrogens (tertiary/aromatic N) is 1. The molecule has 1 fully saturated rings. The van der Waals surface area contributed by atoms with Gasteiger partial charge in [-0.2, -0.15) is 0 Å². The van der Waals surface area contributed by atoms with E-state index in [0.29, 0.717) is 17.7 Å². The Bertz CT molecular complexity index is 849. The minimum atomic E-state index is -0.847. The molecule has 0 bridgehead atoms. The summed E-state index contributed by atoms with van der Waals surface area (Å²) >= 11 is 0. The molecule has 0 aliphatic carbocycles. The van der Waals surface area contributed by atoms with Gasteiger partial charge in [-0.1, -0.05) is 12.1 Å². The zero-order valence-electron chi connectivity index (χ0n) is 14.8. The van der Waals surface area contributed by atoms with Gasteiger partial charge in [0.05, 0.1) is 0 Å². The lowest BCUT2D eigenvalue weighted by Crippen LogP contribution is -2.44. The van der Waals surface area contributed by atoms with E-state index in [1.807, 2.05) is 0 Å². The first-order chi connectivity index (χ1) is 12.9. The number of rotatable bonds is 5. The van der Waals surface area contributed by atoms with Gasteiger partial charge in [-0.25, -0.2) is 8.78 Å². The highest BCUT2D eigenvalue weighted by Crippen LogP contribution is 2.16. The Morgan fingerprint density at radius 3 is 2.41 bits per heavy atom. The van der Waals surface area contributed by atoms with Gasteiger partial charge in [0.2, 0.25) is 5.91 Å². The van der Waals surface area contributed by atoms with Gasteiger partial charge >= 0.3 is 0 Å². The molecule has 1 aliphatic rings. The fourth-order valence-electron chi connectivity index (χ4n) is 3.21. The first-order valence-corrected chi connectivity index (χ1v) is 8.79. The highest BCUT2D eigenvalue weighted by molar-refractivity contribution is 5.99. The normalized spacial score (nSPS) is 15.5. The van der Waals surface area contributed by atoms with E-state index in [0.717, 1.165) is 37.6 Å². The molecule has 2 aromatic rings. The lowest BCUT2D eigenvalue weighted by atomic mass is 10.0. The molecule has 3 N–H and O–H groups in total. The summed E-state index contributed by atoms with van der Waals surface area (Å²) in [6.45, 7) is 2.02. The molecule has 142 valence electrons. The van der Waals surface area contributed by atoms with Crippen molar-refractivity contribution in [2.75, 3.05) is 13.1 Å². The van der Waals surface area contributed by atoms with Gasteiger partial charge in [0.15, 0.2) is 11.6 Å². The molecule has 0 saturated carbocycles. The van der Waals surface area contributed by atoms with Crippen LogP contribution in [0.25, 0.3) is 0 Å². The van der Waals surface area contributed by atoms with Crippen molar-refractivity contribution < 1.29 is 18.4 Å². The number of carbonyl (C=O) groups is 2. The summed E-state index contributed by atoms with van der Waals surface area (Å²) in [6, 6.07) is 10.3. The fourth-order valence-corrected chi connectivity index (χ4v) is 3.21. The lowest BCUT2D eigenvalue weighted by molar-refractivity contribution is 0.0909. The smallest absolute Gasteiger partial charge is 0.251 e. The predicted molar refractivity (Wildman–Crippen MR) is 97.1 cm³/mol. The van der Waals surface area contributed by atoms with E-state index < -0.39 is 17.5 Å². The van der Waals surface area contributed by atoms with Crippen LogP contribution >= 0.6 is 0 Å². The molecule has 1 aliphatic heterocycles. The summed E-state index contributed by atoms with van der Waals surface area (Å²) in [6.07, 6.45) is 1.51. The summed E-state index contributed by atoms with van der Waals surface area (Å²) in [7, 11) is 0.